The van der Waals surface area contributed by atoms with Crippen LogP contribution in [0, 0.1) is 12.8 Å². The van der Waals surface area contributed by atoms with Gasteiger partial charge in [-0.25, -0.2) is 0 Å². The van der Waals surface area contributed by atoms with Crippen LogP contribution >= 0.6 is 12.2 Å². The summed E-state index contributed by atoms with van der Waals surface area (Å²) in [5, 5.41) is 15.3. The highest BCUT2D eigenvalue weighted by Gasteiger charge is 2.13. The Morgan fingerprint density at radius 3 is 2.46 bits per heavy atom. The van der Waals surface area contributed by atoms with Gasteiger partial charge in [-0.3, -0.25) is 10.1 Å². The highest BCUT2D eigenvalue weighted by atomic mass is 32.1. The minimum atomic E-state index is -0.308. The van der Waals surface area contributed by atoms with Crippen molar-refractivity contribution in [1.82, 2.24) is 20.3 Å². The van der Waals surface area contributed by atoms with Crippen molar-refractivity contribution >= 4 is 40.0 Å². The highest BCUT2D eigenvalue weighted by Crippen LogP contribution is 2.22. The summed E-state index contributed by atoms with van der Waals surface area (Å²) in [4.78, 5) is 14.3. The lowest BCUT2D eigenvalue weighted by atomic mass is 10.2. The molecule has 35 heavy (non-hydrogen) atoms. The van der Waals surface area contributed by atoms with Crippen LogP contribution in [-0.4, -0.2) is 32.6 Å². The molecule has 0 aliphatic carbocycles. The Morgan fingerprint density at radius 2 is 1.77 bits per heavy atom. The van der Waals surface area contributed by atoms with Gasteiger partial charge in [0.2, 0.25) is 0 Å². The summed E-state index contributed by atoms with van der Waals surface area (Å²) in [5.74, 6) is 0.740. The number of amides is 1. The summed E-state index contributed by atoms with van der Waals surface area (Å²) in [6.45, 7) is 8.81. The molecule has 0 radical (unpaired) electrons. The maximum Gasteiger partial charge on any atom is 0.257 e. The van der Waals surface area contributed by atoms with Crippen LogP contribution in [0.4, 0.5) is 5.69 Å². The number of carbonyl (C=O) groups excluding carboxylic acids is 1. The lowest BCUT2D eigenvalue weighted by Crippen LogP contribution is -2.34. The van der Waals surface area contributed by atoms with E-state index in [2.05, 4.69) is 53.7 Å². The molecule has 0 spiro atoms. The van der Waals surface area contributed by atoms with E-state index in [1.165, 1.54) is 5.56 Å². The number of hydrogen-bond acceptors (Lipinski definition) is 5. The number of ether oxygens (including phenoxy) is 1. The Kier molecular flexibility index (Phi) is 7.41. The van der Waals surface area contributed by atoms with E-state index in [4.69, 9.17) is 17.0 Å². The van der Waals surface area contributed by atoms with Crippen molar-refractivity contribution < 1.29 is 9.53 Å². The van der Waals surface area contributed by atoms with Crippen LogP contribution in [0.25, 0.3) is 16.7 Å². The van der Waals surface area contributed by atoms with Crippen molar-refractivity contribution in [1.29, 1.82) is 0 Å². The fraction of sp³-hybridized carbons (Fsp3) is 0.259. The maximum absolute atomic E-state index is 12.7. The molecule has 3 aromatic carbocycles. The van der Waals surface area contributed by atoms with Crippen LogP contribution in [0.15, 0.2) is 60.7 Å². The summed E-state index contributed by atoms with van der Waals surface area (Å²) in [6.07, 6.45) is 0.983. The summed E-state index contributed by atoms with van der Waals surface area (Å²) < 4.78 is 5.72. The van der Waals surface area contributed by atoms with E-state index in [1.807, 2.05) is 37.3 Å². The number of rotatable bonds is 7. The number of nitrogens with zero attached hydrogens (tertiary/aromatic N) is 3. The SMILES string of the molecule is CCc1ccc(-n2nc3cc(C)c(NC(=S)NC(=O)c4cccc(OCC(C)C)c4)cc3n2)cc1. The van der Waals surface area contributed by atoms with Crippen molar-refractivity contribution in [3.63, 3.8) is 0 Å². The van der Waals surface area contributed by atoms with Gasteiger partial charge in [-0.1, -0.05) is 39.0 Å². The molecule has 1 heterocycles. The van der Waals surface area contributed by atoms with Gasteiger partial charge in [0.05, 0.1) is 12.3 Å². The van der Waals surface area contributed by atoms with Crippen LogP contribution in [0.5, 0.6) is 5.75 Å². The van der Waals surface area contributed by atoms with Gasteiger partial charge in [0.25, 0.3) is 5.91 Å². The second-order valence-electron chi connectivity index (χ2n) is 8.81. The first-order chi connectivity index (χ1) is 16.8. The van der Waals surface area contributed by atoms with Crippen LogP contribution in [0.2, 0.25) is 0 Å². The summed E-state index contributed by atoms with van der Waals surface area (Å²) in [5.41, 5.74) is 5.82. The second-order valence-corrected chi connectivity index (χ2v) is 9.21. The van der Waals surface area contributed by atoms with Gasteiger partial charge in [0, 0.05) is 11.3 Å². The van der Waals surface area contributed by atoms with Gasteiger partial charge in [-0.05, 0) is 85.1 Å². The van der Waals surface area contributed by atoms with E-state index < -0.39 is 0 Å². The molecule has 4 rings (SSSR count). The molecular weight excluding hydrogens is 458 g/mol. The first-order valence-electron chi connectivity index (χ1n) is 11.6. The normalized spacial score (nSPS) is 11.0. The van der Waals surface area contributed by atoms with Gasteiger partial charge < -0.3 is 10.1 Å². The molecule has 0 atom stereocenters. The van der Waals surface area contributed by atoms with E-state index in [-0.39, 0.29) is 11.0 Å². The minimum absolute atomic E-state index is 0.202. The Hall–Kier alpha value is -3.78. The molecule has 0 saturated heterocycles. The van der Waals surface area contributed by atoms with Crippen molar-refractivity contribution in [2.45, 2.75) is 34.1 Å². The smallest absolute Gasteiger partial charge is 0.257 e. The molecule has 0 fully saturated rings. The Morgan fingerprint density at radius 1 is 1.06 bits per heavy atom. The highest BCUT2D eigenvalue weighted by molar-refractivity contribution is 7.80. The molecule has 0 saturated carbocycles. The predicted molar refractivity (Wildman–Crippen MR) is 143 cm³/mol. The Balaban J connectivity index is 1.46. The topological polar surface area (TPSA) is 81.1 Å². The predicted octanol–water partition coefficient (Wildman–Crippen LogP) is 5.45. The number of carbonyl (C=O) groups is 1. The second kappa shape index (κ2) is 10.7. The van der Waals surface area contributed by atoms with Crippen molar-refractivity contribution in [2.24, 2.45) is 5.92 Å². The standard InChI is InChI=1S/C27H29N5O2S/c1-5-19-9-11-21(12-10-19)32-30-24-13-18(4)23(15-25(24)31-32)28-27(35)29-26(33)20-7-6-8-22(14-20)34-16-17(2)3/h6-15,17H,5,16H2,1-4H3,(H2,28,29,33,35). The molecule has 7 nitrogen and oxygen atoms in total. The van der Waals surface area contributed by atoms with Crippen molar-refractivity contribution in [3.05, 3.63) is 77.4 Å². The third kappa shape index (κ3) is 6.02. The fourth-order valence-electron chi connectivity index (χ4n) is 3.50. The van der Waals surface area contributed by atoms with E-state index >= 15 is 0 Å². The van der Waals surface area contributed by atoms with Crippen LogP contribution in [0.3, 0.4) is 0 Å². The summed E-state index contributed by atoms with van der Waals surface area (Å²) in [6, 6.07) is 19.1. The van der Waals surface area contributed by atoms with E-state index in [0.717, 1.165) is 34.4 Å². The average Bonchev–Trinajstić information content (AvgIpc) is 3.25. The zero-order valence-electron chi connectivity index (χ0n) is 20.3. The minimum Gasteiger partial charge on any atom is -0.493 e. The van der Waals surface area contributed by atoms with Crippen LogP contribution in [0.1, 0.15) is 42.3 Å². The van der Waals surface area contributed by atoms with Gasteiger partial charge in [0.15, 0.2) is 5.11 Å². The summed E-state index contributed by atoms with van der Waals surface area (Å²) >= 11 is 5.40. The van der Waals surface area contributed by atoms with E-state index in [1.54, 1.807) is 23.0 Å². The van der Waals surface area contributed by atoms with Crippen molar-refractivity contribution in [3.8, 4) is 11.4 Å². The molecule has 8 heteroatoms. The molecular formula is C27H29N5O2S. The van der Waals surface area contributed by atoms with Crippen molar-refractivity contribution in [2.75, 3.05) is 11.9 Å². The summed E-state index contributed by atoms with van der Waals surface area (Å²) in [7, 11) is 0. The van der Waals surface area contributed by atoms with Crippen LogP contribution in [-0.2, 0) is 6.42 Å². The van der Waals surface area contributed by atoms with Gasteiger partial charge in [-0.2, -0.15) is 4.80 Å². The molecule has 0 aliphatic heterocycles. The van der Waals surface area contributed by atoms with Gasteiger partial charge in [0.1, 0.15) is 16.8 Å². The first kappa shape index (κ1) is 24.3. The number of anilines is 1. The van der Waals surface area contributed by atoms with Crippen LogP contribution < -0.4 is 15.4 Å². The maximum atomic E-state index is 12.7. The monoisotopic (exact) mass is 487 g/mol. The number of benzene rings is 3. The lowest BCUT2D eigenvalue weighted by molar-refractivity contribution is 0.0977. The molecule has 0 unspecified atom stereocenters. The number of fused-ring (bicyclic) bond motifs is 1. The molecule has 0 bridgehead atoms. The Labute approximate surface area is 210 Å². The number of hydrogen-bond donors (Lipinski definition) is 2. The third-order valence-electron chi connectivity index (χ3n) is 5.46. The number of aromatic nitrogens is 3. The average molecular weight is 488 g/mol. The largest absolute Gasteiger partial charge is 0.493 e. The number of thiocarbonyl (C=S) groups is 1. The van der Waals surface area contributed by atoms with Gasteiger partial charge >= 0.3 is 0 Å². The molecule has 2 N–H and O–H groups in total. The fourth-order valence-corrected chi connectivity index (χ4v) is 3.70. The molecule has 1 amide bonds. The molecule has 1 aromatic heterocycles. The zero-order valence-corrected chi connectivity index (χ0v) is 21.1. The zero-order chi connectivity index (χ0) is 24.9. The Bertz CT molecular complexity index is 1360. The molecule has 4 aromatic rings. The lowest BCUT2D eigenvalue weighted by Gasteiger charge is -2.13. The van der Waals surface area contributed by atoms with Gasteiger partial charge in [-0.15, -0.1) is 10.2 Å². The first-order valence-corrected chi connectivity index (χ1v) is 12.1. The molecule has 0 aliphatic rings. The van der Waals surface area contributed by atoms with E-state index in [0.29, 0.717) is 23.8 Å². The quantitative estimate of drug-likeness (QED) is 0.337. The number of nitrogens with one attached hydrogen (secondary N) is 2. The molecule has 180 valence electrons. The third-order valence-corrected chi connectivity index (χ3v) is 5.66. The van der Waals surface area contributed by atoms with E-state index in [9.17, 15) is 4.79 Å². The number of aryl methyl sites for hydroxylation is 2.